The van der Waals surface area contributed by atoms with E-state index in [1.807, 2.05) is 26.0 Å². The molecule has 0 aliphatic heterocycles. The molecule has 4 heteroatoms. The van der Waals surface area contributed by atoms with Crippen LogP contribution in [0.5, 0.6) is 11.6 Å². The topological polar surface area (TPSA) is 47.0 Å². The summed E-state index contributed by atoms with van der Waals surface area (Å²) in [6.45, 7) is 11.0. The molecule has 0 radical (unpaired) electrons. The van der Waals surface area contributed by atoms with Gasteiger partial charge in [0, 0.05) is 6.54 Å². The third kappa shape index (κ3) is 3.72. The van der Waals surface area contributed by atoms with Crippen molar-refractivity contribution in [2.45, 2.75) is 41.0 Å². The van der Waals surface area contributed by atoms with E-state index in [0.29, 0.717) is 11.7 Å². The van der Waals surface area contributed by atoms with Crippen molar-refractivity contribution in [2.75, 3.05) is 11.9 Å². The fourth-order valence-electron chi connectivity index (χ4n) is 2.01. The number of hydrogen-bond acceptors (Lipinski definition) is 4. The SMILES string of the molecule is CCCNc1nc(C)nc(Oc2ccc(C)c(C)c2)c1C. The molecular weight excluding hydrogens is 262 g/mol. The zero-order valence-electron chi connectivity index (χ0n) is 13.4. The second-order valence-corrected chi connectivity index (χ2v) is 5.32. The van der Waals surface area contributed by atoms with Gasteiger partial charge in [0.05, 0.1) is 5.56 Å². The van der Waals surface area contributed by atoms with E-state index in [4.69, 9.17) is 4.74 Å². The zero-order chi connectivity index (χ0) is 15.4. The highest BCUT2D eigenvalue weighted by molar-refractivity contribution is 5.49. The first kappa shape index (κ1) is 15.3. The van der Waals surface area contributed by atoms with Crippen LogP contribution in [-0.4, -0.2) is 16.5 Å². The highest BCUT2D eigenvalue weighted by Gasteiger charge is 2.11. The van der Waals surface area contributed by atoms with Crippen molar-refractivity contribution in [3.05, 3.63) is 40.7 Å². The Morgan fingerprint density at radius 3 is 2.48 bits per heavy atom. The summed E-state index contributed by atoms with van der Waals surface area (Å²) in [6.07, 6.45) is 1.05. The minimum atomic E-state index is 0.615. The van der Waals surface area contributed by atoms with Gasteiger partial charge in [-0.15, -0.1) is 0 Å². The monoisotopic (exact) mass is 285 g/mol. The Kier molecular flexibility index (Phi) is 4.78. The van der Waals surface area contributed by atoms with Gasteiger partial charge in [-0.1, -0.05) is 13.0 Å². The average Bonchev–Trinajstić information content (AvgIpc) is 2.45. The van der Waals surface area contributed by atoms with E-state index in [1.54, 1.807) is 0 Å². The number of rotatable bonds is 5. The van der Waals surface area contributed by atoms with Crippen molar-refractivity contribution in [1.82, 2.24) is 9.97 Å². The van der Waals surface area contributed by atoms with Crippen LogP contribution in [0.25, 0.3) is 0 Å². The molecular formula is C17H23N3O. The molecule has 4 nitrogen and oxygen atoms in total. The smallest absolute Gasteiger partial charge is 0.227 e. The van der Waals surface area contributed by atoms with Crippen molar-refractivity contribution in [3.8, 4) is 11.6 Å². The van der Waals surface area contributed by atoms with Crippen LogP contribution in [-0.2, 0) is 0 Å². The summed E-state index contributed by atoms with van der Waals surface area (Å²) in [5.41, 5.74) is 3.40. The highest BCUT2D eigenvalue weighted by Crippen LogP contribution is 2.28. The molecule has 1 N–H and O–H groups in total. The van der Waals surface area contributed by atoms with E-state index in [0.717, 1.165) is 30.1 Å². The second kappa shape index (κ2) is 6.57. The van der Waals surface area contributed by atoms with E-state index >= 15 is 0 Å². The molecule has 0 amide bonds. The molecule has 2 aromatic rings. The third-order valence-electron chi connectivity index (χ3n) is 3.45. The van der Waals surface area contributed by atoms with Crippen LogP contribution < -0.4 is 10.1 Å². The van der Waals surface area contributed by atoms with E-state index < -0.39 is 0 Å². The average molecular weight is 285 g/mol. The Bertz CT molecular complexity index is 638. The standard InChI is InChI=1S/C17H23N3O/c1-6-9-18-16-13(4)17(20-14(5)19-16)21-15-8-7-11(2)12(3)10-15/h7-8,10H,6,9H2,1-5H3,(H,18,19,20). The number of nitrogens with zero attached hydrogens (tertiary/aromatic N) is 2. The van der Waals surface area contributed by atoms with Crippen molar-refractivity contribution >= 4 is 5.82 Å². The van der Waals surface area contributed by atoms with Crippen LogP contribution in [0.4, 0.5) is 5.82 Å². The Labute approximate surface area is 126 Å². The number of anilines is 1. The number of ether oxygens (including phenoxy) is 1. The predicted octanol–water partition coefficient (Wildman–Crippen LogP) is 4.32. The molecule has 1 heterocycles. The molecule has 0 saturated heterocycles. The van der Waals surface area contributed by atoms with E-state index in [2.05, 4.69) is 42.1 Å². The van der Waals surface area contributed by atoms with Crippen LogP contribution in [0.15, 0.2) is 18.2 Å². The number of hydrogen-bond donors (Lipinski definition) is 1. The van der Waals surface area contributed by atoms with Gasteiger partial charge in [-0.05, 0) is 57.4 Å². The second-order valence-electron chi connectivity index (χ2n) is 5.32. The molecule has 21 heavy (non-hydrogen) atoms. The molecule has 0 spiro atoms. The third-order valence-corrected chi connectivity index (χ3v) is 3.45. The van der Waals surface area contributed by atoms with Gasteiger partial charge in [-0.3, -0.25) is 0 Å². The van der Waals surface area contributed by atoms with Crippen molar-refractivity contribution in [2.24, 2.45) is 0 Å². The van der Waals surface area contributed by atoms with Crippen LogP contribution in [0.1, 0.15) is 35.9 Å². The maximum Gasteiger partial charge on any atom is 0.227 e. The molecule has 1 aromatic heterocycles. The molecule has 1 aromatic carbocycles. The van der Waals surface area contributed by atoms with Crippen molar-refractivity contribution < 1.29 is 4.74 Å². The molecule has 0 saturated carbocycles. The fraction of sp³-hybridized carbons (Fsp3) is 0.412. The molecule has 0 atom stereocenters. The minimum absolute atomic E-state index is 0.615. The van der Waals surface area contributed by atoms with Crippen LogP contribution >= 0.6 is 0 Å². The maximum absolute atomic E-state index is 5.96. The summed E-state index contributed by atoms with van der Waals surface area (Å²) in [5, 5.41) is 3.32. The predicted molar refractivity (Wildman–Crippen MR) is 86.3 cm³/mol. The largest absolute Gasteiger partial charge is 0.439 e. The van der Waals surface area contributed by atoms with E-state index in [-0.39, 0.29) is 0 Å². The highest BCUT2D eigenvalue weighted by atomic mass is 16.5. The molecule has 2 rings (SSSR count). The molecule has 112 valence electrons. The minimum Gasteiger partial charge on any atom is -0.439 e. The van der Waals surface area contributed by atoms with Crippen molar-refractivity contribution in [3.63, 3.8) is 0 Å². The van der Waals surface area contributed by atoms with Gasteiger partial charge in [-0.25, -0.2) is 4.98 Å². The summed E-state index contributed by atoms with van der Waals surface area (Å²) >= 11 is 0. The number of nitrogens with one attached hydrogen (secondary N) is 1. The lowest BCUT2D eigenvalue weighted by Gasteiger charge is -2.13. The first-order valence-electron chi connectivity index (χ1n) is 7.35. The van der Waals surface area contributed by atoms with Gasteiger partial charge in [0.25, 0.3) is 0 Å². The van der Waals surface area contributed by atoms with Crippen LogP contribution in [0.3, 0.4) is 0 Å². The van der Waals surface area contributed by atoms with Gasteiger partial charge in [0.15, 0.2) is 0 Å². The van der Waals surface area contributed by atoms with Crippen LogP contribution in [0.2, 0.25) is 0 Å². The number of aromatic nitrogens is 2. The summed E-state index contributed by atoms with van der Waals surface area (Å²) in [5.74, 6) is 2.98. The number of benzene rings is 1. The summed E-state index contributed by atoms with van der Waals surface area (Å²) < 4.78 is 5.96. The maximum atomic E-state index is 5.96. The van der Waals surface area contributed by atoms with Gasteiger partial charge in [0.1, 0.15) is 17.4 Å². The fourth-order valence-corrected chi connectivity index (χ4v) is 2.01. The van der Waals surface area contributed by atoms with Crippen LogP contribution in [0, 0.1) is 27.7 Å². The summed E-state index contributed by atoms with van der Waals surface area (Å²) in [6, 6.07) is 6.06. The molecule has 0 bridgehead atoms. The Morgan fingerprint density at radius 1 is 1.05 bits per heavy atom. The number of aryl methyl sites for hydroxylation is 3. The molecule has 0 fully saturated rings. The Morgan fingerprint density at radius 2 is 1.81 bits per heavy atom. The Hall–Kier alpha value is -2.10. The molecule has 0 unspecified atom stereocenters. The van der Waals surface area contributed by atoms with E-state index in [9.17, 15) is 0 Å². The Balaban J connectivity index is 2.30. The van der Waals surface area contributed by atoms with E-state index in [1.165, 1.54) is 11.1 Å². The lowest BCUT2D eigenvalue weighted by Crippen LogP contribution is -2.07. The normalized spacial score (nSPS) is 10.5. The summed E-state index contributed by atoms with van der Waals surface area (Å²) in [7, 11) is 0. The molecule has 0 aliphatic rings. The van der Waals surface area contributed by atoms with Crippen molar-refractivity contribution in [1.29, 1.82) is 0 Å². The van der Waals surface area contributed by atoms with Gasteiger partial charge < -0.3 is 10.1 Å². The molecule has 0 aliphatic carbocycles. The van der Waals surface area contributed by atoms with Gasteiger partial charge in [-0.2, -0.15) is 4.98 Å². The van der Waals surface area contributed by atoms with Gasteiger partial charge >= 0.3 is 0 Å². The first-order valence-corrected chi connectivity index (χ1v) is 7.35. The van der Waals surface area contributed by atoms with Gasteiger partial charge in [0.2, 0.25) is 5.88 Å². The first-order chi connectivity index (χ1) is 10.0. The lowest BCUT2D eigenvalue weighted by molar-refractivity contribution is 0.455. The summed E-state index contributed by atoms with van der Waals surface area (Å²) in [4.78, 5) is 8.86. The quantitative estimate of drug-likeness (QED) is 0.888. The lowest BCUT2D eigenvalue weighted by atomic mass is 10.1. The zero-order valence-corrected chi connectivity index (χ0v) is 13.4.